The van der Waals surface area contributed by atoms with Crippen molar-refractivity contribution in [3.05, 3.63) is 77.0 Å². The van der Waals surface area contributed by atoms with Gasteiger partial charge >= 0.3 is 6.18 Å². The van der Waals surface area contributed by atoms with Gasteiger partial charge < -0.3 is 9.52 Å². The zero-order valence-corrected chi connectivity index (χ0v) is 15.4. The fraction of sp³-hybridized carbons (Fsp3) is 0.0476. The Kier molecular flexibility index (Phi) is 4.60. The molecule has 0 aliphatic carbocycles. The number of furan rings is 1. The van der Waals surface area contributed by atoms with Gasteiger partial charge in [0.05, 0.1) is 15.8 Å². The number of rotatable bonds is 3. The fourth-order valence-corrected chi connectivity index (χ4v) is 3.74. The molecule has 0 aliphatic heterocycles. The Hall–Kier alpha value is -3.57. The molecule has 2 aromatic carbocycles. The van der Waals surface area contributed by atoms with E-state index in [4.69, 9.17) is 4.42 Å². The second-order valence-electron chi connectivity index (χ2n) is 6.06. The number of para-hydroxylation sites is 1. The van der Waals surface area contributed by atoms with Gasteiger partial charge in [-0.2, -0.15) is 18.4 Å². The van der Waals surface area contributed by atoms with Crippen molar-refractivity contribution in [1.29, 1.82) is 5.26 Å². The summed E-state index contributed by atoms with van der Waals surface area (Å²) in [7, 11) is 0. The molecule has 0 saturated carbocycles. The maximum absolute atomic E-state index is 12.9. The molecule has 2 heterocycles. The van der Waals surface area contributed by atoms with Crippen molar-refractivity contribution in [3.8, 4) is 17.4 Å². The van der Waals surface area contributed by atoms with Crippen molar-refractivity contribution >= 4 is 32.9 Å². The number of aromatic nitrogens is 1. The minimum atomic E-state index is -4.48. The second-order valence-corrected chi connectivity index (χ2v) is 7.10. The van der Waals surface area contributed by atoms with Crippen LogP contribution in [0, 0.1) is 11.3 Å². The molecule has 0 unspecified atom stereocenters. The molecule has 0 fully saturated rings. The van der Waals surface area contributed by atoms with Crippen LogP contribution in [0.4, 0.5) is 13.2 Å². The van der Waals surface area contributed by atoms with E-state index in [0.29, 0.717) is 10.5 Å². The molecule has 4 rings (SSSR count). The number of nitriles is 1. The maximum Gasteiger partial charge on any atom is 0.416 e. The highest BCUT2D eigenvalue weighted by molar-refractivity contribution is 7.19. The van der Waals surface area contributed by atoms with Gasteiger partial charge in [0, 0.05) is 5.56 Å². The third-order valence-electron chi connectivity index (χ3n) is 4.17. The zero-order chi connectivity index (χ0) is 20.6. The predicted molar refractivity (Wildman–Crippen MR) is 104 cm³/mol. The van der Waals surface area contributed by atoms with Crippen LogP contribution in [0.5, 0.6) is 0 Å². The van der Waals surface area contributed by atoms with Crippen LogP contribution in [0.2, 0.25) is 0 Å². The topological polar surface area (TPSA) is 70.0 Å². The van der Waals surface area contributed by atoms with Crippen LogP contribution in [-0.2, 0) is 6.18 Å². The van der Waals surface area contributed by atoms with E-state index in [1.165, 1.54) is 35.6 Å². The second kappa shape index (κ2) is 7.11. The summed E-state index contributed by atoms with van der Waals surface area (Å²) in [6.07, 6.45) is -4.48. The quantitative estimate of drug-likeness (QED) is 0.307. The van der Waals surface area contributed by atoms with Gasteiger partial charge in [-0.25, -0.2) is 4.98 Å². The van der Waals surface area contributed by atoms with E-state index < -0.39 is 17.5 Å². The Labute approximate surface area is 166 Å². The number of halogens is 3. The number of hydrogen-bond acceptors (Lipinski definition) is 5. The lowest BCUT2D eigenvalue weighted by Gasteiger charge is -2.07. The number of nitrogens with zero attached hydrogens (tertiary/aromatic N) is 2. The molecule has 0 amide bonds. The summed E-state index contributed by atoms with van der Waals surface area (Å²) in [5.41, 5.74) is 0.0190. The first-order valence-electron chi connectivity index (χ1n) is 8.34. The van der Waals surface area contributed by atoms with Crippen LogP contribution in [-0.4, -0.2) is 10.1 Å². The maximum atomic E-state index is 12.9. The summed E-state index contributed by atoms with van der Waals surface area (Å²) in [4.78, 5) is 4.35. The SMILES string of the molecule is N#C/C(=C(/O)c1ccc(-c2cccc(C(F)(F)F)c2)o1)c1nc2ccccc2s1. The Morgan fingerprint density at radius 3 is 2.59 bits per heavy atom. The van der Waals surface area contributed by atoms with Gasteiger partial charge in [-0.15, -0.1) is 11.3 Å². The fourth-order valence-electron chi connectivity index (χ4n) is 2.77. The summed E-state index contributed by atoms with van der Waals surface area (Å²) in [5, 5.41) is 20.4. The molecule has 2 aromatic heterocycles. The zero-order valence-electron chi connectivity index (χ0n) is 14.6. The number of fused-ring (bicyclic) bond motifs is 1. The van der Waals surface area contributed by atoms with E-state index in [0.717, 1.165) is 16.8 Å². The van der Waals surface area contributed by atoms with Crippen LogP contribution in [0.25, 0.3) is 32.9 Å². The summed E-state index contributed by atoms with van der Waals surface area (Å²) in [6, 6.07) is 16.7. The monoisotopic (exact) mass is 412 g/mol. The number of aliphatic hydroxyl groups is 1. The largest absolute Gasteiger partial charge is 0.503 e. The van der Waals surface area contributed by atoms with Gasteiger partial charge in [0.2, 0.25) is 0 Å². The summed E-state index contributed by atoms with van der Waals surface area (Å²) >= 11 is 1.24. The first-order chi connectivity index (χ1) is 13.9. The molecule has 0 spiro atoms. The van der Waals surface area contributed by atoms with E-state index in [1.54, 1.807) is 6.07 Å². The van der Waals surface area contributed by atoms with Gasteiger partial charge in [0.15, 0.2) is 11.5 Å². The van der Waals surface area contributed by atoms with Crippen LogP contribution in [0.15, 0.2) is 65.1 Å². The van der Waals surface area contributed by atoms with E-state index >= 15 is 0 Å². The smallest absolute Gasteiger partial charge is 0.416 e. The number of thiazole rings is 1. The summed E-state index contributed by atoms with van der Waals surface area (Å²) in [6.45, 7) is 0. The average Bonchev–Trinajstić information content (AvgIpc) is 3.35. The lowest BCUT2D eigenvalue weighted by molar-refractivity contribution is -0.137. The van der Waals surface area contributed by atoms with Gasteiger partial charge in [-0.1, -0.05) is 24.3 Å². The molecular formula is C21H11F3N2O2S. The van der Waals surface area contributed by atoms with Crippen molar-refractivity contribution < 1.29 is 22.7 Å². The van der Waals surface area contributed by atoms with Crippen LogP contribution in [0.3, 0.4) is 0 Å². The van der Waals surface area contributed by atoms with Gasteiger partial charge in [-0.3, -0.25) is 0 Å². The Balaban J connectivity index is 1.74. The Bertz CT molecular complexity index is 1250. The highest BCUT2D eigenvalue weighted by Crippen LogP contribution is 2.35. The van der Waals surface area contributed by atoms with Gasteiger partial charge in [0.25, 0.3) is 0 Å². The highest BCUT2D eigenvalue weighted by Gasteiger charge is 2.30. The van der Waals surface area contributed by atoms with E-state index in [1.807, 2.05) is 24.3 Å². The number of hydrogen-bond donors (Lipinski definition) is 1. The number of allylic oxidation sites excluding steroid dienone is 1. The Morgan fingerprint density at radius 2 is 1.86 bits per heavy atom. The van der Waals surface area contributed by atoms with Crippen molar-refractivity contribution in [2.75, 3.05) is 0 Å². The number of aliphatic hydroxyl groups excluding tert-OH is 1. The van der Waals surface area contributed by atoms with Gasteiger partial charge in [0.1, 0.15) is 22.4 Å². The molecule has 0 aliphatic rings. The lowest BCUT2D eigenvalue weighted by atomic mass is 10.1. The average molecular weight is 412 g/mol. The first kappa shape index (κ1) is 18.8. The predicted octanol–water partition coefficient (Wildman–Crippen LogP) is 6.52. The van der Waals surface area contributed by atoms with Crippen molar-refractivity contribution in [1.82, 2.24) is 4.98 Å². The molecule has 0 atom stereocenters. The van der Waals surface area contributed by atoms with Crippen LogP contribution < -0.4 is 0 Å². The highest BCUT2D eigenvalue weighted by atomic mass is 32.1. The van der Waals surface area contributed by atoms with Crippen molar-refractivity contribution in [2.45, 2.75) is 6.18 Å². The molecule has 0 radical (unpaired) electrons. The minimum absolute atomic E-state index is 0.0341. The molecule has 4 nitrogen and oxygen atoms in total. The number of alkyl halides is 3. The molecule has 1 N–H and O–H groups in total. The lowest BCUT2D eigenvalue weighted by Crippen LogP contribution is -2.04. The summed E-state index contributed by atoms with van der Waals surface area (Å²) < 4.78 is 45.2. The molecule has 0 saturated heterocycles. The van der Waals surface area contributed by atoms with Crippen LogP contribution >= 0.6 is 11.3 Å². The molecule has 4 aromatic rings. The third kappa shape index (κ3) is 3.60. The van der Waals surface area contributed by atoms with E-state index in [2.05, 4.69) is 4.98 Å². The van der Waals surface area contributed by atoms with Crippen molar-refractivity contribution in [2.24, 2.45) is 0 Å². The van der Waals surface area contributed by atoms with Crippen molar-refractivity contribution in [3.63, 3.8) is 0 Å². The summed E-state index contributed by atoms with van der Waals surface area (Å²) in [5.74, 6) is -0.322. The van der Waals surface area contributed by atoms with E-state index in [9.17, 15) is 23.5 Å². The Morgan fingerprint density at radius 1 is 1.07 bits per heavy atom. The molecule has 8 heteroatoms. The van der Waals surface area contributed by atoms with Gasteiger partial charge in [-0.05, 0) is 36.4 Å². The van der Waals surface area contributed by atoms with E-state index in [-0.39, 0.29) is 22.7 Å². The molecule has 29 heavy (non-hydrogen) atoms. The third-order valence-corrected chi connectivity index (χ3v) is 5.22. The first-order valence-corrected chi connectivity index (χ1v) is 9.15. The normalized spacial score (nSPS) is 12.6. The van der Waals surface area contributed by atoms with Crippen LogP contribution in [0.1, 0.15) is 16.3 Å². The number of benzene rings is 2. The molecular weight excluding hydrogens is 401 g/mol. The molecule has 144 valence electrons. The molecule has 0 bridgehead atoms. The standard InChI is InChI=1S/C21H11F3N2O2S/c22-21(23,24)13-5-3-4-12(10-13)16-8-9-17(28-16)19(27)14(11-25)20-26-15-6-1-2-7-18(15)29-20/h1-10,27H/b19-14-. The minimum Gasteiger partial charge on any atom is -0.503 e.